The van der Waals surface area contributed by atoms with Gasteiger partial charge in [0.15, 0.2) is 0 Å². The maximum atomic E-state index is 13.9. The number of halogens is 3. The van der Waals surface area contributed by atoms with Gasteiger partial charge in [-0.3, -0.25) is 10.3 Å². The first-order valence-electron chi connectivity index (χ1n) is 11.5. The van der Waals surface area contributed by atoms with Crippen molar-refractivity contribution in [2.24, 2.45) is 0 Å². The SMILES string of the molecule is O=C(Nc1ccc(Oc2ccncc2)cc1Cl)Nc1cc(C2CCCC2)nn1-c1cc(F)cc(F)c1. The maximum Gasteiger partial charge on any atom is 0.324 e. The molecule has 2 amide bonds. The summed E-state index contributed by atoms with van der Waals surface area (Å²) in [7, 11) is 0. The standard InChI is InChI=1S/C26H22ClF2N5O2/c27-22-14-21(36-20-7-9-30-10-8-20)5-6-23(22)31-26(35)32-25-15-24(16-3-1-2-4-16)33-34(25)19-12-17(28)11-18(29)13-19/h5-16H,1-4H2,(H2,31,32,35). The normalized spacial score (nSPS) is 13.5. The molecule has 1 fully saturated rings. The molecule has 1 aliphatic rings. The molecule has 10 heteroatoms. The molecule has 184 valence electrons. The predicted octanol–water partition coefficient (Wildman–Crippen LogP) is 7.29. The first kappa shape index (κ1) is 23.7. The van der Waals surface area contributed by atoms with Crippen molar-refractivity contribution in [1.29, 1.82) is 0 Å². The van der Waals surface area contributed by atoms with Gasteiger partial charge in [0, 0.05) is 36.5 Å². The number of benzene rings is 2. The van der Waals surface area contributed by atoms with Gasteiger partial charge in [0.25, 0.3) is 0 Å². The van der Waals surface area contributed by atoms with Gasteiger partial charge in [-0.15, -0.1) is 0 Å². The number of pyridine rings is 1. The van der Waals surface area contributed by atoms with Gasteiger partial charge in [0.1, 0.15) is 29.0 Å². The zero-order valence-electron chi connectivity index (χ0n) is 19.0. The third kappa shape index (κ3) is 5.46. The average molecular weight is 510 g/mol. The smallest absolute Gasteiger partial charge is 0.324 e. The number of amides is 2. The highest BCUT2D eigenvalue weighted by atomic mass is 35.5. The van der Waals surface area contributed by atoms with E-state index in [0.29, 0.717) is 17.2 Å². The largest absolute Gasteiger partial charge is 0.457 e. The molecule has 5 rings (SSSR count). The second-order valence-electron chi connectivity index (χ2n) is 8.48. The number of nitrogens with zero attached hydrogens (tertiary/aromatic N) is 3. The monoisotopic (exact) mass is 509 g/mol. The van der Waals surface area contributed by atoms with Gasteiger partial charge >= 0.3 is 6.03 Å². The quantitative estimate of drug-likeness (QED) is 0.286. The fraction of sp³-hybridized carbons (Fsp3) is 0.192. The number of carbonyl (C=O) groups excluding carboxylic acids is 1. The fourth-order valence-corrected chi connectivity index (χ4v) is 4.46. The fourth-order valence-electron chi connectivity index (χ4n) is 4.24. The molecular weight excluding hydrogens is 488 g/mol. The second-order valence-corrected chi connectivity index (χ2v) is 8.89. The van der Waals surface area contributed by atoms with E-state index in [2.05, 4.69) is 20.7 Å². The zero-order chi connectivity index (χ0) is 25.1. The lowest BCUT2D eigenvalue weighted by Gasteiger charge is -2.12. The lowest BCUT2D eigenvalue weighted by molar-refractivity contribution is 0.262. The highest BCUT2D eigenvalue weighted by Crippen LogP contribution is 2.35. The Bertz CT molecular complexity index is 1370. The summed E-state index contributed by atoms with van der Waals surface area (Å²) < 4.78 is 34.9. The summed E-state index contributed by atoms with van der Waals surface area (Å²) in [6, 6.07) is 12.5. The molecule has 36 heavy (non-hydrogen) atoms. The van der Waals surface area contributed by atoms with Crippen molar-refractivity contribution in [2.45, 2.75) is 31.6 Å². The van der Waals surface area contributed by atoms with Crippen LogP contribution in [-0.2, 0) is 0 Å². The van der Waals surface area contributed by atoms with Crippen LogP contribution in [0.15, 0.2) is 67.0 Å². The van der Waals surface area contributed by atoms with Crippen molar-refractivity contribution in [3.8, 4) is 17.2 Å². The van der Waals surface area contributed by atoms with E-state index < -0.39 is 17.7 Å². The van der Waals surface area contributed by atoms with Crippen molar-refractivity contribution in [1.82, 2.24) is 14.8 Å². The van der Waals surface area contributed by atoms with Gasteiger partial charge in [-0.2, -0.15) is 5.10 Å². The first-order valence-corrected chi connectivity index (χ1v) is 11.8. The van der Waals surface area contributed by atoms with Gasteiger partial charge in [-0.1, -0.05) is 24.4 Å². The van der Waals surface area contributed by atoms with Crippen LogP contribution in [0.4, 0.5) is 25.1 Å². The van der Waals surface area contributed by atoms with Gasteiger partial charge < -0.3 is 10.1 Å². The number of anilines is 2. The topological polar surface area (TPSA) is 81.1 Å². The molecule has 2 aromatic carbocycles. The van der Waals surface area contributed by atoms with Crippen molar-refractivity contribution in [3.05, 3.63) is 89.3 Å². The molecule has 0 unspecified atom stereocenters. The molecule has 0 bridgehead atoms. The lowest BCUT2D eigenvalue weighted by atomic mass is 10.0. The minimum Gasteiger partial charge on any atom is -0.457 e. The Labute approximate surface area is 211 Å². The van der Waals surface area contributed by atoms with Crippen LogP contribution < -0.4 is 15.4 Å². The van der Waals surface area contributed by atoms with Gasteiger partial charge in [0.2, 0.25) is 0 Å². The van der Waals surface area contributed by atoms with Gasteiger partial charge in [-0.05, 0) is 49.2 Å². The van der Waals surface area contributed by atoms with Crippen LogP contribution in [-0.4, -0.2) is 20.8 Å². The molecule has 1 aliphatic carbocycles. The van der Waals surface area contributed by atoms with Crippen molar-refractivity contribution >= 4 is 29.1 Å². The number of nitrogens with one attached hydrogen (secondary N) is 2. The van der Waals surface area contributed by atoms with Crippen LogP contribution in [0.25, 0.3) is 5.69 Å². The van der Waals surface area contributed by atoms with Crippen LogP contribution in [0.3, 0.4) is 0 Å². The molecule has 2 aromatic heterocycles. The molecule has 0 saturated heterocycles. The molecule has 7 nitrogen and oxygen atoms in total. The summed E-state index contributed by atoms with van der Waals surface area (Å²) in [5, 5.41) is 10.3. The molecule has 4 aromatic rings. The average Bonchev–Trinajstić information content (AvgIpc) is 3.51. The van der Waals surface area contributed by atoms with Crippen LogP contribution in [0.1, 0.15) is 37.3 Å². The van der Waals surface area contributed by atoms with E-state index in [1.54, 1.807) is 48.8 Å². The van der Waals surface area contributed by atoms with E-state index >= 15 is 0 Å². The van der Waals surface area contributed by atoms with Crippen LogP contribution >= 0.6 is 11.6 Å². The van der Waals surface area contributed by atoms with Crippen molar-refractivity contribution in [3.63, 3.8) is 0 Å². The summed E-state index contributed by atoms with van der Waals surface area (Å²) in [5.41, 5.74) is 1.29. The number of carbonyl (C=O) groups is 1. The first-order chi connectivity index (χ1) is 17.4. The van der Waals surface area contributed by atoms with E-state index in [4.69, 9.17) is 16.3 Å². The number of urea groups is 1. The van der Waals surface area contributed by atoms with E-state index in [0.717, 1.165) is 49.6 Å². The highest BCUT2D eigenvalue weighted by Gasteiger charge is 2.23. The summed E-state index contributed by atoms with van der Waals surface area (Å²) in [5.74, 6) is 0.131. The number of rotatable bonds is 6. The third-order valence-corrected chi connectivity index (χ3v) is 6.22. The number of hydrogen-bond donors (Lipinski definition) is 2. The van der Waals surface area contributed by atoms with Gasteiger partial charge in [0.05, 0.1) is 22.1 Å². The van der Waals surface area contributed by atoms with Crippen molar-refractivity contribution < 1.29 is 18.3 Å². The number of ether oxygens (including phenoxy) is 1. The maximum absolute atomic E-state index is 13.9. The molecular formula is C26H22ClF2N5O2. The summed E-state index contributed by atoms with van der Waals surface area (Å²) in [6.07, 6.45) is 7.35. The van der Waals surface area contributed by atoms with Crippen LogP contribution in [0.5, 0.6) is 11.5 Å². The minimum absolute atomic E-state index is 0.169. The summed E-state index contributed by atoms with van der Waals surface area (Å²) >= 11 is 6.36. The Morgan fingerprint density at radius 3 is 2.36 bits per heavy atom. The molecule has 1 saturated carbocycles. The lowest BCUT2D eigenvalue weighted by Crippen LogP contribution is -2.21. The third-order valence-electron chi connectivity index (χ3n) is 5.91. The van der Waals surface area contributed by atoms with Crippen molar-refractivity contribution in [2.75, 3.05) is 10.6 Å². The highest BCUT2D eigenvalue weighted by molar-refractivity contribution is 6.34. The molecule has 2 N–H and O–H groups in total. The molecule has 0 radical (unpaired) electrons. The van der Waals surface area contributed by atoms with E-state index in [-0.39, 0.29) is 22.4 Å². The minimum atomic E-state index is -0.737. The van der Waals surface area contributed by atoms with E-state index in [1.807, 2.05) is 0 Å². The van der Waals surface area contributed by atoms with Gasteiger partial charge in [-0.25, -0.2) is 18.3 Å². The summed E-state index contributed by atoms with van der Waals surface area (Å²) in [6.45, 7) is 0. The summed E-state index contributed by atoms with van der Waals surface area (Å²) in [4.78, 5) is 16.8. The predicted molar refractivity (Wildman–Crippen MR) is 133 cm³/mol. The Balaban J connectivity index is 1.35. The molecule has 0 atom stereocenters. The molecule has 0 spiro atoms. The second kappa shape index (κ2) is 10.3. The Kier molecular flexibility index (Phi) is 6.81. The van der Waals surface area contributed by atoms with E-state index in [9.17, 15) is 13.6 Å². The Morgan fingerprint density at radius 1 is 0.944 bits per heavy atom. The molecule has 2 heterocycles. The van der Waals surface area contributed by atoms with Crippen LogP contribution in [0, 0.1) is 11.6 Å². The number of aromatic nitrogens is 3. The molecule has 0 aliphatic heterocycles. The number of hydrogen-bond acceptors (Lipinski definition) is 4. The Morgan fingerprint density at radius 2 is 1.67 bits per heavy atom. The Hall–Kier alpha value is -3.98. The zero-order valence-corrected chi connectivity index (χ0v) is 19.8. The van der Waals surface area contributed by atoms with Crippen LogP contribution in [0.2, 0.25) is 5.02 Å². The van der Waals surface area contributed by atoms with E-state index in [1.165, 1.54) is 4.68 Å².